The van der Waals surface area contributed by atoms with Crippen molar-refractivity contribution in [1.82, 2.24) is 4.31 Å². The average Bonchev–Trinajstić information content (AvgIpc) is 3.45. The molecule has 1 saturated carbocycles. The van der Waals surface area contributed by atoms with E-state index in [1.54, 1.807) is 6.92 Å². The molecule has 0 amide bonds. The molecule has 0 N–H and O–H groups in total. The van der Waals surface area contributed by atoms with Gasteiger partial charge in [-0.25, -0.2) is 8.42 Å². The Hall–Kier alpha value is -1.81. The van der Waals surface area contributed by atoms with E-state index in [-0.39, 0.29) is 38.5 Å². The number of benzene rings is 1. The number of para-hydroxylation sites is 1. The van der Waals surface area contributed by atoms with Crippen LogP contribution in [0.4, 0.5) is 13.2 Å². The molecule has 1 aromatic rings. The van der Waals surface area contributed by atoms with Crippen molar-refractivity contribution >= 4 is 16.0 Å². The van der Waals surface area contributed by atoms with E-state index in [4.69, 9.17) is 4.74 Å². The highest BCUT2D eigenvalue weighted by Crippen LogP contribution is 2.47. The zero-order valence-electron chi connectivity index (χ0n) is 16.1. The van der Waals surface area contributed by atoms with E-state index < -0.39 is 32.4 Å². The molecule has 0 bridgehead atoms. The third-order valence-corrected chi connectivity index (χ3v) is 7.40. The maximum atomic E-state index is 13.0. The van der Waals surface area contributed by atoms with Crippen LogP contribution in [0.15, 0.2) is 29.2 Å². The van der Waals surface area contributed by atoms with E-state index in [1.807, 2.05) is 0 Å². The summed E-state index contributed by atoms with van der Waals surface area (Å²) in [5, 5.41) is 0. The Balaban J connectivity index is 1.80. The number of nitrogens with zero attached hydrogens (tertiary/aromatic N) is 1. The molecule has 6 nitrogen and oxygen atoms in total. The van der Waals surface area contributed by atoms with E-state index in [9.17, 15) is 26.4 Å². The smallest absolute Gasteiger partial charge is 0.466 e. The zero-order valence-corrected chi connectivity index (χ0v) is 16.9. The average molecular weight is 435 g/mol. The first-order chi connectivity index (χ1) is 13.6. The third kappa shape index (κ3) is 5.03. The van der Waals surface area contributed by atoms with Crippen LogP contribution < -0.4 is 4.74 Å². The number of ether oxygens (including phenoxy) is 2. The van der Waals surface area contributed by atoms with Gasteiger partial charge in [0.2, 0.25) is 10.0 Å². The van der Waals surface area contributed by atoms with Gasteiger partial charge in [0.1, 0.15) is 10.6 Å². The summed E-state index contributed by atoms with van der Waals surface area (Å²) in [5.74, 6) is -0.631. The number of alkyl halides is 3. The van der Waals surface area contributed by atoms with Gasteiger partial charge in [-0.1, -0.05) is 25.0 Å². The molecule has 2 fully saturated rings. The van der Waals surface area contributed by atoms with Crippen molar-refractivity contribution in [3.05, 3.63) is 24.3 Å². The minimum absolute atomic E-state index is 0.0359. The summed E-state index contributed by atoms with van der Waals surface area (Å²) >= 11 is 0. The summed E-state index contributed by atoms with van der Waals surface area (Å²) in [4.78, 5) is 12.0. The van der Waals surface area contributed by atoms with Gasteiger partial charge < -0.3 is 9.47 Å². The summed E-state index contributed by atoms with van der Waals surface area (Å²) in [6.07, 6.45) is -1.69. The van der Waals surface area contributed by atoms with E-state index in [0.29, 0.717) is 12.3 Å². The monoisotopic (exact) mass is 435 g/mol. The molecule has 1 heterocycles. The van der Waals surface area contributed by atoms with Crippen molar-refractivity contribution in [1.29, 1.82) is 0 Å². The van der Waals surface area contributed by atoms with Gasteiger partial charge >= 0.3 is 12.3 Å². The normalized spacial score (nSPS) is 20.3. The molecule has 0 atom stereocenters. The van der Waals surface area contributed by atoms with Crippen LogP contribution >= 0.6 is 0 Å². The molecule has 1 aromatic carbocycles. The molecule has 1 saturated heterocycles. The molecule has 0 unspecified atom stereocenters. The Morgan fingerprint density at radius 2 is 1.83 bits per heavy atom. The number of esters is 1. The zero-order chi connectivity index (χ0) is 21.3. The molecule has 2 aliphatic rings. The standard InChI is InChI=1S/C19H24F3NO5S/c1-2-27-17(24)18(13-14-7-8-14)9-11-23(12-10-18)29(25,26)16-6-4-3-5-15(16)28-19(20,21)22/h3-6,14H,2,7-13H2,1H3. The number of carbonyl (C=O) groups excluding carboxylic acids is 1. The number of hydrogen-bond acceptors (Lipinski definition) is 5. The lowest BCUT2D eigenvalue weighted by Gasteiger charge is -2.39. The molecule has 1 aliphatic carbocycles. The Labute approximate surface area is 168 Å². The van der Waals surface area contributed by atoms with Gasteiger partial charge in [-0.05, 0) is 44.2 Å². The highest BCUT2D eigenvalue weighted by atomic mass is 32.2. The van der Waals surface area contributed by atoms with Crippen LogP contribution in [0.2, 0.25) is 0 Å². The van der Waals surface area contributed by atoms with Crippen LogP contribution in [-0.2, 0) is 19.6 Å². The second kappa shape index (κ2) is 8.14. The van der Waals surface area contributed by atoms with Crippen molar-refractivity contribution < 1.29 is 35.9 Å². The minimum Gasteiger partial charge on any atom is -0.466 e. The lowest BCUT2D eigenvalue weighted by atomic mass is 9.74. The van der Waals surface area contributed by atoms with Gasteiger partial charge in [0.25, 0.3) is 0 Å². The predicted molar refractivity (Wildman–Crippen MR) is 97.5 cm³/mol. The first-order valence-electron chi connectivity index (χ1n) is 9.59. The highest BCUT2D eigenvalue weighted by Gasteiger charge is 2.48. The van der Waals surface area contributed by atoms with Gasteiger partial charge in [-0.15, -0.1) is 13.2 Å². The van der Waals surface area contributed by atoms with Crippen LogP contribution in [0, 0.1) is 11.3 Å². The predicted octanol–water partition coefficient (Wildman–Crippen LogP) is 3.72. The van der Waals surface area contributed by atoms with Gasteiger partial charge in [-0.3, -0.25) is 4.79 Å². The highest BCUT2D eigenvalue weighted by molar-refractivity contribution is 7.89. The third-order valence-electron chi connectivity index (χ3n) is 5.46. The summed E-state index contributed by atoms with van der Waals surface area (Å²) in [7, 11) is -4.21. The van der Waals surface area contributed by atoms with E-state index in [1.165, 1.54) is 12.1 Å². The largest absolute Gasteiger partial charge is 0.573 e. The van der Waals surface area contributed by atoms with Crippen molar-refractivity contribution in [2.24, 2.45) is 11.3 Å². The Morgan fingerprint density at radius 1 is 1.21 bits per heavy atom. The number of rotatable bonds is 7. The van der Waals surface area contributed by atoms with E-state index in [2.05, 4.69) is 4.74 Å². The van der Waals surface area contributed by atoms with E-state index >= 15 is 0 Å². The topological polar surface area (TPSA) is 72.9 Å². The molecule has 10 heteroatoms. The molecular weight excluding hydrogens is 411 g/mol. The second-order valence-electron chi connectivity index (χ2n) is 7.55. The fourth-order valence-electron chi connectivity index (χ4n) is 3.82. The van der Waals surface area contributed by atoms with Gasteiger partial charge in [0, 0.05) is 13.1 Å². The Bertz CT molecular complexity index is 844. The molecule has 162 valence electrons. The van der Waals surface area contributed by atoms with Crippen LogP contribution in [0.3, 0.4) is 0 Å². The Kier molecular flexibility index (Phi) is 6.14. The van der Waals surface area contributed by atoms with Gasteiger partial charge in [0.05, 0.1) is 12.0 Å². The summed E-state index contributed by atoms with van der Waals surface area (Å²) in [5.41, 5.74) is -0.731. The molecule has 0 aromatic heterocycles. The molecule has 29 heavy (non-hydrogen) atoms. The first-order valence-corrected chi connectivity index (χ1v) is 11.0. The molecule has 3 rings (SSSR count). The van der Waals surface area contributed by atoms with Crippen molar-refractivity contribution in [2.75, 3.05) is 19.7 Å². The molecular formula is C19H24F3NO5S. The van der Waals surface area contributed by atoms with E-state index in [0.717, 1.165) is 29.3 Å². The summed E-state index contributed by atoms with van der Waals surface area (Å²) in [6.45, 7) is 2.04. The number of piperidine rings is 1. The number of halogens is 3. The van der Waals surface area contributed by atoms with Crippen molar-refractivity contribution in [3.63, 3.8) is 0 Å². The molecule has 0 spiro atoms. The molecule has 0 radical (unpaired) electrons. The van der Waals surface area contributed by atoms with Crippen LogP contribution in [0.1, 0.15) is 39.0 Å². The van der Waals surface area contributed by atoms with Crippen LogP contribution in [-0.4, -0.2) is 44.8 Å². The fraction of sp³-hybridized carbons (Fsp3) is 0.632. The maximum absolute atomic E-state index is 13.0. The SMILES string of the molecule is CCOC(=O)C1(CC2CC2)CCN(S(=O)(=O)c2ccccc2OC(F)(F)F)CC1. The number of sulfonamides is 1. The Morgan fingerprint density at radius 3 is 2.38 bits per heavy atom. The fourth-order valence-corrected chi connectivity index (χ4v) is 5.37. The maximum Gasteiger partial charge on any atom is 0.573 e. The number of carbonyl (C=O) groups is 1. The number of hydrogen-bond donors (Lipinski definition) is 0. The minimum atomic E-state index is -5.00. The van der Waals surface area contributed by atoms with Crippen LogP contribution in [0.25, 0.3) is 0 Å². The van der Waals surface area contributed by atoms with Crippen molar-refractivity contribution in [3.8, 4) is 5.75 Å². The second-order valence-corrected chi connectivity index (χ2v) is 9.45. The molecule has 1 aliphatic heterocycles. The summed E-state index contributed by atoms with van der Waals surface area (Å²) in [6, 6.07) is 4.68. The lowest BCUT2D eigenvalue weighted by Crippen LogP contribution is -2.47. The summed E-state index contributed by atoms with van der Waals surface area (Å²) < 4.78 is 74.2. The quantitative estimate of drug-likeness (QED) is 0.611. The van der Waals surface area contributed by atoms with Gasteiger partial charge in [-0.2, -0.15) is 4.31 Å². The lowest BCUT2D eigenvalue weighted by molar-refractivity contribution is -0.275. The van der Waals surface area contributed by atoms with Gasteiger partial charge in [0.15, 0.2) is 0 Å². The van der Waals surface area contributed by atoms with Crippen LogP contribution in [0.5, 0.6) is 5.75 Å². The van der Waals surface area contributed by atoms with Crippen molar-refractivity contribution in [2.45, 2.75) is 50.3 Å². The first kappa shape index (κ1) is 21.9.